The number of hydrogen-bond donors (Lipinski definition) is 2. The summed E-state index contributed by atoms with van der Waals surface area (Å²) in [5.74, 6) is -0.148. The molecule has 0 atom stereocenters. The molecular weight excluding hydrogens is 369 g/mol. The Labute approximate surface area is 167 Å². The Morgan fingerprint density at radius 2 is 1.93 bits per heavy atom. The predicted octanol–water partition coefficient (Wildman–Crippen LogP) is 3.69. The lowest BCUT2D eigenvalue weighted by atomic mass is 9.96. The Hall–Kier alpha value is -1.66. The molecular formula is C20H31ClFN3O2. The summed E-state index contributed by atoms with van der Waals surface area (Å²) in [5, 5.41) is 5.91. The van der Waals surface area contributed by atoms with Gasteiger partial charge in [-0.3, -0.25) is 9.59 Å². The van der Waals surface area contributed by atoms with Gasteiger partial charge in [-0.25, -0.2) is 4.39 Å². The first-order valence-electron chi connectivity index (χ1n) is 9.50. The zero-order valence-electron chi connectivity index (χ0n) is 16.4. The van der Waals surface area contributed by atoms with Crippen molar-refractivity contribution in [2.75, 3.05) is 31.5 Å². The number of rotatable bonds is 7. The van der Waals surface area contributed by atoms with Crippen molar-refractivity contribution in [3.8, 4) is 0 Å². The van der Waals surface area contributed by atoms with Crippen LogP contribution >= 0.6 is 12.4 Å². The standard InChI is InChI=1S/C20H30FN3O2.ClH/c1-4-22-13-15-7-9-24(10-8-15)20(26)16-5-6-18(17(21)12-16)23-19(25)11-14(2)3;/h5-6,12,14-15,22H,4,7-11,13H2,1-3H3,(H,23,25);1H. The summed E-state index contributed by atoms with van der Waals surface area (Å²) in [4.78, 5) is 26.2. The average Bonchev–Trinajstić information content (AvgIpc) is 2.61. The molecule has 0 unspecified atom stereocenters. The Bertz CT molecular complexity index is 632. The Kier molecular flexibility index (Phi) is 9.74. The predicted molar refractivity (Wildman–Crippen MR) is 109 cm³/mol. The number of nitrogens with one attached hydrogen (secondary N) is 2. The molecule has 7 heteroatoms. The first kappa shape index (κ1) is 23.4. The van der Waals surface area contributed by atoms with Crippen LogP contribution in [0.3, 0.4) is 0 Å². The third kappa shape index (κ3) is 7.11. The van der Waals surface area contributed by atoms with Gasteiger partial charge in [0.1, 0.15) is 5.82 Å². The maximum atomic E-state index is 14.3. The van der Waals surface area contributed by atoms with E-state index in [0.29, 0.717) is 31.0 Å². The molecule has 1 aromatic rings. The van der Waals surface area contributed by atoms with Gasteiger partial charge in [-0.1, -0.05) is 20.8 Å². The number of benzene rings is 1. The van der Waals surface area contributed by atoms with E-state index < -0.39 is 5.82 Å². The van der Waals surface area contributed by atoms with Gasteiger partial charge in [-0.2, -0.15) is 0 Å². The molecule has 1 aromatic carbocycles. The van der Waals surface area contributed by atoms with Gasteiger partial charge >= 0.3 is 0 Å². The minimum Gasteiger partial charge on any atom is -0.339 e. The molecule has 2 amide bonds. The van der Waals surface area contributed by atoms with Crippen LogP contribution in [0.4, 0.5) is 10.1 Å². The lowest BCUT2D eigenvalue weighted by molar-refractivity contribution is -0.116. The average molecular weight is 400 g/mol. The molecule has 5 nitrogen and oxygen atoms in total. The van der Waals surface area contributed by atoms with Crippen LogP contribution in [0.5, 0.6) is 0 Å². The number of likely N-dealkylation sites (tertiary alicyclic amines) is 1. The van der Waals surface area contributed by atoms with Crippen molar-refractivity contribution in [2.45, 2.75) is 40.0 Å². The van der Waals surface area contributed by atoms with Crippen molar-refractivity contribution in [2.24, 2.45) is 11.8 Å². The summed E-state index contributed by atoms with van der Waals surface area (Å²) in [6, 6.07) is 4.28. The highest BCUT2D eigenvalue weighted by Crippen LogP contribution is 2.21. The fraction of sp³-hybridized carbons (Fsp3) is 0.600. The molecule has 0 spiro atoms. The molecule has 1 saturated heterocycles. The normalized spacial score (nSPS) is 14.8. The third-order valence-corrected chi connectivity index (χ3v) is 4.67. The molecule has 2 N–H and O–H groups in total. The second-order valence-corrected chi connectivity index (χ2v) is 7.38. The van der Waals surface area contributed by atoms with E-state index >= 15 is 0 Å². The summed E-state index contributed by atoms with van der Waals surface area (Å²) in [7, 11) is 0. The van der Waals surface area contributed by atoms with Crippen molar-refractivity contribution in [1.82, 2.24) is 10.2 Å². The summed E-state index contributed by atoms with van der Waals surface area (Å²) in [5.41, 5.74) is 0.450. The van der Waals surface area contributed by atoms with Crippen LogP contribution < -0.4 is 10.6 Å². The van der Waals surface area contributed by atoms with Crippen LogP contribution in [0.15, 0.2) is 18.2 Å². The molecule has 1 heterocycles. The van der Waals surface area contributed by atoms with Crippen LogP contribution in [0.1, 0.15) is 50.4 Å². The van der Waals surface area contributed by atoms with E-state index in [2.05, 4.69) is 17.6 Å². The van der Waals surface area contributed by atoms with Crippen LogP contribution in [0.2, 0.25) is 0 Å². The smallest absolute Gasteiger partial charge is 0.253 e. The van der Waals surface area contributed by atoms with Gasteiger partial charge in [-0.15, -0.1) is 12.4 Å². The molecule has 27 heavy (non-hydrogen) atoms. The maximum Gasteiger partial charge on any atom is 0.253 e. The van der Waals surface area contributed by atoms with Gasteiger partial charge in [0.25, 0.3) is 5.91 Å². The van der Waals surface area contributed by atoms with Crippen LogP contribution in [0.25, 0.3) is 0 Å². The van der Waals surface area contributed by atoms with E-state index in [0.717, 1.165) is 25.9 Å². The van der Waals surface area contributed by atoms with Gasteiger partial charge < -0.3 is 15.5 Å². The van der Waals surface area contributed by atoms with E-state index in [1.165, 1.54) is 12.1 Å². The number of piperidine rings is 1. The van der Waals surface area contributed by atoms with E-state index in [1.807, 2.05) is 13.8 Å². The first-order chi connectivity index (χ1) is 12.4. The number of halogens is 2. The van der Waals surface area contributed by atoms with Crippen LogP contribution in [0, 0.1) is 17.7 Å². The van der Waals surface area contributed by atoms with E-state index in [1.54, 1.807) is 11.0 Å². The zero-order valence-corrected chi connectivity index (χ0v) is 17.2. The second-order valence-electron chi connectivity index (χ2n) is 7.38. The second kappa shape index (κ2) is 11.2. The fourth-order valence-electron chi connectivity index (χ4n) is 3.19. The lowest BCUT2D eigenvalue weighted by Crippen LogP contribution is -2.40. The van der Waals surface area contributed by atoms with Gasteiger partial charge in [-0.05, 0) is 56.0 Å². The maximum absolute atomic E-state index is 14.3. The van der Waals surface area contributed by atoms with E-state index in [9.17, 15) is 14.0 Å². The minimum absolute atomic E-state index is 0. The van der Waals surface area contributed by atoms with Gasteiger partial charge in [0.15, 0.2) is 0 Å². The number of carbonyl (C=O) groups is 2. The van der Waals surface area contributed by atoms with Crippen molar-refractivity contribution >= 4 is 29.9 Å². The van der Waals surface area contributed by atoms with Gasteiger partial charge in [0.05, 0.1) is 5.69 Å². The number of hydrogen-bond acceptors (Lipinski definition) is 3. The lowest BCUT2D eigenvalue weighted by Gasteiger charge is -2.32. The topological polar surface area (TPSA) is 61.4 Å². The van der Waals surface area contributed by atoms with E-state index in [4.69, 9.17) is 0 Å². The third-order valence-electron chi connectivity index (χ3n) is 4.67. The molecule has 0 aromatic heterocycles. The van der Waals surface area contributed by atoms with Crippen molar-refractivity contribution in [1.29, 1.82) is 0 Å². The highest BCUT2D eigenvalue weighted by Gasteiger charge is 2.24. The molecule has 0 bridgehead atoms. The van der Waals surface area contributed by atoms with E-state index in [-0.39, 0.29) is 35.8 Å². The van der Waals surface area contributed by atoms with Crippen molar-refractivity contribution < 1.29 is 14.0 Å². The first-order valence-corrected chi connectivity index (χ1v) is 9.50. The summed E-state index contributed by atoms with van der Waals surface area (Å²) >= 11 is 0. The molecule has 1 fully saturated rings. The number of carbonyl (C=O) groups excluding carboxylic acids is 2. The summed E-state index contributed by atoms with van der Waals surface area (Å²) in [6.45, 7) is 9.28. The highest BCUT2D eigenvalue weighted by molar-refractivity contribution is 5.96. The van der Waals surface area contributed by atoms with Crippen LogP contribution in [-0.2, 0) is 4.79 Å². The Morgan fingerprint density at radius 1 is 1.26 bits per heavy atom. The fourth-order valence-corrected chi connectivity index (χ4v) is 3.19. The van der Waals surface area contributed by atoms with Gasteiger partial charge in [0.2, 0.25) is 5.91 Å². The number of nitrogens with zero attached hydrogens (tertiary/aromatic N) is 1. The largest absolute Gasteiger partial charge is 0.339 e. The molecule has 0 aliphatic carbocycles. The molecule has 2 rings (SSSR count). The molecule has 1 aliphatic rings. The van der Waals surface area contributed by atoms with Crippen LogP contribution in [-0.4, -0.2) is 42.9 Å². The summed E-state index contributed by atoms with van der Waals surface area (Å²) in [6.07, 6.45) is 2.26. The molecule has 0 radical (unpaired) electrons. The van der Waals surface area contributed by atoms with Gasteiger partial charge in [0, 0.05) is 25.1 Å². The molecule has 1 aliphatic heterocycles. The number of anilines is 1. The Balaban J connectivity index is 0.00000364. The number of amides is 2. The minimum atomic E-state index is -0.574. The molecule has 0 saturated carbocycles. The summed E-state index contributed by atoms with van der Waals surface area (Å²) < 4.78 is 14.3. The van der Waals surface area contributed by atoms with Crippen molar-refractivity contribution in [3.63, 3.8) is 0 Å². The highest BCUT2D eigenvalue weighted by atomic mass is 35.5. The SMILES string of the molecule is CCNCC1CCN(C(=O)c2ccc(NC(=O)CC(C)C)c(F)c2)CC1.Cl. The monoisotopic (exact) mass is 399 g/mol. The zero-order chi connectivity index (χ0) is 19.1. The molecule has 152 valence electrons. The quantitative estimate of drug-likeness (QED) is 0.735. The van der Waals surface area contributed by atoms with Crippen molar-refractivity contribution in [3.05, 3.63) is 29.6 Å². The Morgan fingerprint density at radius 3 is 2.48 bits per heavy atom.